The fourth-order valence-electron chi connectivity index (χ4n) is 3.64. The van der Waals surface area contributed by atoms with Crippen LogP contribution in [0.5, 0.6) is 5.75 Å². The first kappa shape index (κ1) is 18.9. The molecule has 138 valence electrons. The molecule has 0 N–H and O–H groups in total. The number of hydrogen-bond donors (Lipinski definition) is 0. The van der Waals surface area contributed by atoms with Gasteiger partial charge in [-0.25, -0.2) is 0 Å². The van der Waals surface area contributed by atoms with Crippen LogP contribution in [0.15, 0.2) is 36.7 Å². The predicted molar refractivity (Wildman–Crippen MR) is 105 cm³/mol. The lowest BCUT2D eigenvalue weighted by Crippen LogP contribution is -2.15. The van der Waals surface area contributed by atoms with Crippen LogP contribution in [0.4, 0.5) is 0 Å². The molecule has 2 aromatic rings. The van der Waals surface area contributed by atoms with Gasteiger partial charge < -0.3 is 4.74 Å². The summed E-state index contributed by atoms with van der Waals surface area (Å²) in [6.45, 7) is 4.59. The third-order valence-electron chi connectivity index (χ3n) is 5.25. The Labute approximate surface area is 160 Å². The smallest absolute Gasteiger partial charge is 0.167 e. The fraction of sp³-hybridized carbons (Fsp3) is 0.455. The summed E-state index contributed by atoms with van der Waals surface area (Å²) in [5, 5.41) is 0.595. The van der Waals surface area contributed by atoms with Crippen LogP contribution in [0.1, 0.15) is 60.5 Å². The fourth-order valence-corrected chi connectivity index (χ4v) is 3.92. The maximum Gasteiger partial charge on any atom is 0.167 e. The molecule has 26 heavy (non-hydrogen) atoms. The number of carbonyl (C=O) groups is 1. The lowest BCUT2D eigenvalue weighted by molar-refractivity contribution is 0.0906. The van der Waals surface area contributed by atoms with E-state index >= 15 is 0 Å². The van der Waals surface area contributed by atoms with Gasteiger partial charge in [0.1, 0.15) is 12.4 Å². The Balaban J connectivity index is 1.69. The van der Waals surface area contributed by atoms with E-state index in [4.69, 9.17) is 16.3 Å². The summed E-state index contributed by atoms with van der Waals surface area (Å²) < 4.78 is 5.88. The second kappa shape index (κ2) is 8.68. The molecule has 0 bridgehead atoms. The van der Waals surface area contributed by atoms with Crippen molar-refractivity contribution >= 4 is 17.4 Å². The van der Waals surface area contributed by atoms with Gasteiger partial charge in [-0.3, -0.25) is 9.78 Å². The SMILES string of the molecule is Cc1cccc(Cl)c1OCc1cncc(C(=O)C2CCCC(C)CC2)c1. The van der Waals surface area contributed by atoms with E-state index in [-0.39, 0.29) is 11.7 Å². The van der Waals surface area contributed by atoms with Crippen molar-refractivity contribution in [3.63, 3.8) is 0 Å². The number of hydrogen-bond acceptors (Lipinski definition) is 3. The van der Waals surface area contributed by atoms with E-state index < -0.39 is 0 Å². The Morgan fingerprint density at radius 2 is 2.08 bits per heavy atom. The number of pyridine rings is 1. The molecular formula is C22H26ClNO2. The highest BCUT2D eigenvalue weighted by atomic mass is 35.5. The number of aryl methyl sites for hydroxylation is 1. The Morgan fingerprint density at radius 3 is 2.88 bits per heavy atom. The summed E-state index contributed by atoms with van der Waals surface area (Å²) >= 11 is 6.21. The van der Waals surface area contributed by atoms with Crippen LogP contribution < -0.4 is 4.74 Å². The molecule has 1 saturated carbocycles. The molecule has 0 spiro atoms. The van der Waals surface area contributed by atoms with Crippen LogP contribution in [0.25, 0.3) is 0 Å². The Bertz CT molecular complexity index is 754. The number of nitrogens with zero attached hydrogens (tertiary/aromatic N) is 1. The first-order valence-corrected chi connectivity index (χ1v) is 9.78. The molecular weight excluding hydrogens is 346 g/mol. The third kappa shape index (κ3) is 4.64. The minimum atomic E-state index is 0.128. The second-order valence-electron chi connectivity index (χ2n) is 7.43. The highest BCUT2D eigenvalue weighted by Crippen LogP contribution is 2.30. The zero-order valence-corrected chi connectivity index (χ0v) is 16.3. The standard InChI is InChI=1S/C22H26ClNO2/c1-15-5-3-7-18(10-9-15)21(25)19-11-17(12-24-13-19)14-26-22-16(2)6-4-8-20(22)23/h4,6,8,11-13,15,18H,3,5,7,9-10,14H2,1-2H3. The van der Waals surface area contributed by atoms with E-state index in [1.807, 2.05) is 31.2 Å². The van der Waals surface area contributed by atoms with Gasteiger partial charge in [0.05, 0.1) is 5.02 Å². The Kier molecular flexibility index (Phi) is 6.31. The second-order valence-corrected chi connectivity index (χ2v) is 7.84. The molecule has 2 unspecified atom stereocenters. The number of halogens is 1. The molecule has 1 fully saturated rings. The van der Waals surface area contributed by atoms with Crippen molar-refractivity contribution in [1.29, 1.82) is 0 Å². The van der Waals surface area contributed by atoms with Gasteiger partial charge in [-0.15, -0.1) is 0 Å². The number of rotatable bonds is 5. The molecule has 1 aromatic heterocycles. The van der Waals surface area contributed by atoms with Crippen molar-refractivity contribution in [1.82, 2.24) is 4.98 Å². The van der Waals surface area contributed by atoms with Gasteiger partial charge in [0.2, 0.25) is 0 Å². The number of Topliss-reactive ketones (excluding diaryl/α,β-unsaturated/α-hetero) is 1. The van der Waals surface area contributed by atoms with E-state index in [1.54, 1.807) is 12.4 Å². The molecule has 0 aliphatic heterocycles. The Hall–Kier alpha value is -1.87. The summed E-state index contributed by atoms with van der Waals surface area (Å²) in [6.07, 6.45) is 8.91. The van der Waals surface area contributed by atoms with Crippen LogP contribution >= 0.6 is 11.6 Å². The van der Waals surface area contributed by atoms with Gasteiger partial charge in [0.25, 0.3) is 0 Å². The van der Waals surface area contributed by atoms with Crippen LogP contribution in [-0.4, -0.2) is 10.8 Å². The summed E-state index contributed by atoms with van der Waals surface area (Å²) in [4.78, 5) is 17.2. The molecule has 1 heterocycles. The lowest BCUT2D eigenvalue weighted by atomic mass is 9.91. The van der Waals surface area contributed by atoms with Gasteiger partial charge in [0, 0.05) is 29.4 Å². The summed E-state index contributed by atoms with van der Waals surface area (Å²) in [5.74, 6) is 1.76. The quantitative estimate of drug-likeness (QED) is 0.476. The zero-order chi connectivity index (χ0) is 18.5. The molecule has 3 rings (SSSR count). The number of benzene rings is 1. The van der Waals surface area contributed by atoms with Crippen molar-refractivity contribution in [2.24, 2.45) is 11.8 Å². The van der Waals surface area contributed by atoms with Crippen LogP contribution in [0.2, 0.25) is 5.02 Å². The van der Waals surface area contributed by atoms with Crippen molar-refractivity contribution < 1.29 is 9.53 Å². The van der Waals surface area contributed by atoms with E-state index in [9.17, 15) is 4.79 Å². The number of para-hydroxylation sites is 1. The minimum absolute atomic E-state index is 0.128. The topological polar surface area (TPSA) is 39.2 Å². The van der Waals surface area contributed by atoms with E-state index in [2.05, 4.69) is 11.9 Å². The van der Waals surface area contributed by atoms with Gasteiger partial charge in [-0.1, -0.05) is 49.9 Å². The molecule has 1 aliphatic rings. The van der Waals surface area contributed by atoms with Crippen LogP contribution in [-0.2, 0) is 6.61 Å². The lowest BCUT2D eigenvalue weighted by Gasteiger charge is -2.14. The number of carbonyl (C=O) groups excluding carboxylic acids is 1. The number of aromatic nitrogens is 1. The largest absolute Gasteiger partial charge is 0.487 e. The van der Waals surface area contributed by atoms with Crippen LogP contribution in [0, 0.1) is 18.8 Å². The van der Waals surface area contributed by atoms with E-state index in [0.717, 1.165) is 42.7 Å². The predicted octanol–water partition coefficient (Wildman–Crippen LogP) is 6.02. The average molecular weight is 372 g/mol. The molecule has 2 atom stereocenters. The maximum absolute atomic E-state index is 12.9. The average Bonchev–Trinajstić information content (AvgIpc) is 2.85. The molecule has 0 amide bonds. The van der Waals surface area contributed by atoms with Gasteiger partial charge in [-0.2, -0.15) is 0 Å². The summed E-state index contributed by atoms with van der Waals surface area (Å²) in [7, 11) is 0. The van der Waals surface area contributed by atoms with Gasteiger partial charge in [0.15, 0.2) is 5.78 Å². The Morgan fingerprint density at radius 1 is 1.23 bits per heavy atom. The molecule has 1 aromatic carbocycles. The molecule has 0 radical (unpaired) electrons. The zero-order valence-electron chi connectivity index (χ0n) is 15.5. The first-order chi connectivity index (χ1) is 12.5. The highest BCUT2D eigenvalue weighted by molar-refractivity contribution is 6.32. The van der Waals surface area contributed by atoms with Crippen molar-refractivity contribution in [2.45, 2.75) is 52.6 Å². The maximum atomic E-state index is 12.9. The normalized spacial score (nSPS) is 20.4. The number of ketones is 1. The molecule has 4 heteroatoms. The van der Waals surface area contributed by atoms with Crippen molar-refractivity contribution in [2.75, 3.05) is 0 Å². The molecule has 3 nitrogen and oxygen atoms in total. The van der Waals surface area contributed by atoms with Crippen molar-refractivity contribution in [3.05, 3.63) is 58.4 Å². The minimum Gasteiger partial charge on any atom is -0.487 e. The molecule has 0 saturated heterocycles. The van der Waals surface area contributed by atoms with Gasteiger partial charge in [-0.05, 0) is 43.4 Å². The number of ether oxygens (including phenoxy) is 1. The summed E-state index contributed by atoms with van der Waals surface area (Å²) in [5.41, 5.74) is 2.57. The third-order valence-corrected chi connectivity index (χ3v) is 5.55. The molecule has 1 aliphatic carbocycles. The summed E-state index contributed by atoms with van der Waals surface area (Å²) in [6, 6.07) is 7.59. The van der Waals surface area contributed by atoms with Crippen molar-refractivity contribution in [3.8, 4) is 5.75 Å². The monoisotopic (exact) mass is 371 g/mol. The van der Waals surface area contributed by atoms with Crippen LogP contribution in [0.3, 0.4) is 0 Å². The highest BCUT2D eigenvalue weighted by Gasteiger charge is 2.24. The van der Waals surface area contributed by atoms with Gasteiger partial charge >= 0.3 is 0 Å². The first-order valence-electron chi connectivity index (χ1n) is 9.40. The van der Waals surface area contributed by atoms with E-state index in [1.165, 1.54) is 6.42 Å². The van der Waals surface area contributed by atoms with E-state index in [0.29, 0.717) is 22.9 Å².